The van der Waals surface area contributed by atoms with Gasteiger partial charge in [0.25, 0.3) is 0 Å². The molecule has 0 saturated heterocycles. The molecule has 1 heterocycles. The Kier molecular flexibility index (Phi) is 2.45. The van der Waals surface area contributed by atoms with E-state index in [1.807, 2.05) is 0 Å². The molecular weight excluding hydrogens is 278 g/mol. The SMILES string of the molecule is CC(=O)NC12CC3CC(C1)CC(c1nc(C4CC4)no1)(C3)C2. The van der Waals surface area contributed by atoms with Gasteiger partial charge in [0, 0.05) is 18.4 Å². The van der Waals surface area contributed by atoms with Crippen molar-refractivity contribution in [3.05, 3.63) is 11.7 Å². The molecule has 4 bridgehead atoms. The Bertz CT molecular complexity index is 620. The number of rotatable bonds is 3. The van der Waals surface area contributed by atoms with Crippen molar-refractivity contribution in [3.63, 3.8) is 0 Å². The quantitative estimate of drug-likeness (QED) is 0.932. The van der Waals surface area contributed by atoms with Gasteiger partial charge in [0.05, 0.1) is 5.41 Å². The predicted molar refractivity (Wildman–Crippen MR) is 79.2 cm³/mol. The van der Waals surface area contributed by atoms with E-state index < -0.39 is 0 Å². The Morgan fingerprint density at radius 3 is 2.59 bits per heavy atom. The fraction of sp³-hybridized carbons (Fsp3) is 0.824. The van der Waals surface area contributed by atoms with Crippen molar-refractivity contribution in [2.45, 2.75) is 75.2 Å². The van der Waals surface area contributed by atoms with E-state index in [-0.39, 0.29) is 16.9 Å². The van der Waals surface area contributed by atoms with Crippen LogP contribution in [0.1, 0.15) is 75.9 Å². The molecule has 2 unspecified atom stereocenters. The van der Waals surface area contributed by atoms with Crippen LogP contribution in [0.5, 0.6) is 0 Å². The highest BCUT2D eigenvalue weighted by Crippen LogP contribution is 2.62. The summed E-state index contributed by atoms with van der Waals surface area (Å²) in [6, 6.07) is 0. The lowest BCUT2D eigenvalue weighted by Crippen LogP contribution is -2.64. The van der Waals surface area contributed by atoms with E-state index in [9.17, 15) is 4.79 Å². The summed E-state index contributed by atoms with van der Waals surface area (Å²) in [5.41, 5.74) is -0.00317. The van der Waals surface area contributed by atoms with Crippen LogP contribution in [0.4, 0.5) is 0 Å². The molecule has 1 amide bonds. The van der Waals surface area contributed by atoms with Crippen LogP contribution in [0.15, 0.2) is 4.52 Å². The molecule has 0 spiro atoms. The Labute approximate surface area is 130 Å². The standard InChI is InChI=1S/C17H23N3O2/c1-10(21)19-17-7-11-4-12(8-17)6-16(5-11,9-17)15-18-14(20-22-15)13-2-3-13/h11-13H,2-9H2,1H3,(H,19,21). The molecule has 6 rings (SSSR count). The maximum atomic E-state index is 11.7. The number of carbonyl (C=O) groups excluding carboxylic acids is 1. The van der Waals surface area contributed by atoms with Gasteiger partial charge in [-0.3, -0.25) is 4.79 Å². The highest BCUT2D eigenvalue weighted by Gasteiger charge is 2.60. The summed E-state index contributed by atoms with van der Waals surface area (Å²) in [5, 5.41) is 7.54. The molecule has 1 aromatic heterocycles. The van der Waals surface area contributed by atoms with Crippen molar-refractivity contribution in [1.82, 2.24) is 15.5 Å². The molecule has 5 heteroatoms. The van der Waals surface area contributed by atoms with Crippen molar-refractivity contribution in [1.29, 1.82) is 0 Å². The van der Waals surface area contributed by atoms with E-state index in [0.717, 1.165) is 43.8 Å². The molecular formula is C17H23N3O2. The highest BCUT2D eigenvalue weighted by molar-refractivity contribution is 5.74. The van der Waals surface area contributed by atoms with Gasteiger partial charge in [-0.15, -0.1) is 0 Å². The number of nitrogens with one attached hydrogen (secondary N) is 1. The zero-order chi connectivity index (χ0) is 14.9. The first-order valence-electron chi connectivity index (χ1n) is 8.69. The number of hydrogen-bond acceptors (Lipinski definition) is 4. The van der Waals surface area contributed by atoms with Gasteiger partial charge in [0.2, 0.25) is 11.8 Å². The van der Waals surface area contributed by atoms with Crippen LogP contribution in [0, 0.1) is 11.8 Å². The van der Waals surface area contributed by atoms with Gasteiger partial charge >= 0.3 is 0 Å². The lowest BCUT2D eigenvalue weighted by atomic mass is 9.46. The number of nitrogens with zero attached hydrogens (tertiary/aromatic N) is 2. The first-order chi connectivity index (χ1) is 10.6. The van der Waals surface area contributed by atoms with E-state index in [2.05, 4.69) is 10.5 Å². The van der Waals surface area contributed by atoms with E-state index in [0.29, 0.717) is 17.8 Å². The van der Waals surface area contributed by atoms with Crippen LogP contribution in [-0.2, 0) is 10.2 Å². The number of amides is 1. The molecule has 5 aliphatic rings. The summed E-state index contributed by atoms with van der Waals surface area (Å²) in [6.45, 7) is 1.64. The zero-order valence-corrected chi connectivity index (χ0v) is 13.1. The summed E-state index contributed by atoms with van der Waals surface area (Å²) in [5.74, 6) is 3.81. The van der Waals surface area contributed by atoms with E-state index in [4.69, 9.17) is 9.51 Å². The number of aromatic nitrogens is 2. The van der Waals surface area contributed by atoms with E-state index in [1.165, 1.54) is 19.3 Å². The van der Waals surface area contributed by atoms with Crippen molar-refractivity contribution in [2.24, 2.45) is 11.8 Å². The van der Waals surface area contributed by atoms with E-state index in [1.54, 1.807) is 6.92 Å². The maximum Gasteiger partial charge on any atom is 0.232 e. The van der Waals surface area contributed by atoms with Crippen LogP contribution < -0.4 is 5.32 Å². The summed E-state index contributed by atoms with van der Waals surface area (Å²) in [6.07, 6.45) is 9.29. The van der Waals surface area contributed by atoms with Gasteiger partial charge in [0.15, 0.2) is 5.82 Å². The molecule has 5 saturated carbocycles. The van der Waals surface area contributed by atoms with Gasteiger partial charge < -0.3 is 9.84 Å². The minimum Gasteiger partial charge on any atom is -0.351 e. The third-order valence-corrected chi connectivity index (χ3v) is 6.34. The van der Waals surface area contributed by atoms with Gasteiger partial charge in [-0.05, 0) is 63.2 Å². The second-order valence-electron chi connectivity index (χ2n) is 8.43. The van der Waals surface area contributed by atoms with Crippen molar-refractivity contribution < 1.29 is 9.32 Å². The second kappa shape index (κ2) is 4.12. The van der Waals surface area contributed by atoms with Crippen LogP contribution >= 0.6 is 0 Å². The molecule has 0 radical (unpaired) electrons. The topological polar surface area (TPSA) is 68.0 Å². The van der Waals surface area contributed by atoms with Crippen molar-refractivity contribution in [2.75, 3.05) is 0 Å². The normalized spacial score (nSPS) is 42.6. The van der Waals surface area contributed by atoms with Crippen LogP contribution in [-0.4, -0.2) is 21.6 Å². The monoisotopic (exact) mass is 301 g/mol. The fourth-order valence-electron chi connectivity index (χ4n) is 5.99. The molecule has 2 atom stereocenters. The first-order valence-corrected chi connectivity index (χ1v) is 8.69. The van der Waals surface area contributed by atoms with Crippen LogP contribution in [0.3, 0.4) is 0 Å². The molecule has 5 nitrogen and oxygen atoms in total. The van der Waals surface area contributed by atoms with Crippen LogP contribution in [0.25, 0.3) is 0 Å². The maximum absolute atomic E-state index is 11.7. The third-order valence-electron chi connectivity index (χ3n) is 6.34. The van der Waals surface area contributed by atoms with Gasteiger partial charge in [-0.2, -0.15) is 4.98 Å². The molecule has 1 aromatic rings. The smallest absolute Gasteiger partial charge is 0.232 e. The Balaban J connectivity index is 1.51. The molecule has 118 valence electrons. The Hall–Kier alpha value is -1.39. The molecule has 5 fully saturated rings. The average molecular weight is 301 g/mol. The molecule has 0 aromatic carbocycles. The minimum atomic E-state index is -0.0237. The first kappa shape index (κ1) is 13.1. The summed E-state index contributed by atoms with van der Waals surface area (Å²) in [4.78, 5) is 16.5. The largest absolute Gasteiger partial charge is 0.351 e. The molecule has 1 N–H and O–H groups in total. The second-order valence-corrected chi connectivity index (χ2v) is 8.43. The zero-order valence-electron chi connectivity index (χ0n) is 13.1. The van der Waals surface area contributed by atoms with Crippen molar-refractivity contribution >= 4 is 5.91 Å². The lowest BCUT2D eigenvalue weighted by Gasteiger charge is -2.60. The van der Waals surface area contributed by atoms with Crippen molar-refractivity contribution in [3.8, 4) is 0 Å². The molecule has 5 aliphatic carbocycles. The van der Waals surface area contributed by atoms with Gasteiger partial charge in [-0.1, -0.05) is 5.16 Å². The average Bonchev–Trinajstić information content (AvgIpc) is 3.12. The third kappa shape index (κ3) is 1.87. The number of hydrogen-bond donors (Lipinski definition) is 1. The van der Waals surface area contributed by atoms with Gasteiger partial charge in [0.1, 0.15) is 0 Å². The fourth-order valence-corrected chi connectivity index (χ4v) is 5.99. The summed E-state index contributed by atoms with van der Waals surface area (Å²) >= 11 is 0. The summed E-state index contributed by atoms with van der Waals surface area (Å²) in [7, 11) is 0. The summed E-state index contributed by atoms with van der Waals surface area (Å²) < 4.78 is 5.73. The highest BCUT2D eigenvalue weighted by atomic mass is 16.5. The molecule has 0 aliphatic heterocycles. The predicted octanol–water partition coefficient (Wildman–Crippen LogP) is 2.67. The van der Waals surface area contributed by atoms with Gasteiger partial charge in [-0.25, -0.2) is 0 Å². The lowest BCUT2D eigenvalue weighted by molar-refractivity contribution is -0.126. The minimum absolute atomic E-state index is 0.0205. The van der Waals surface area contributed by atoms with E-state index >= 15 is 0 Å². The molecule has 22 heavy (non-hydrogen) atoms. The number of carbonyl (C=O) groups is 1. The Morgan fingerprint density at radius 1 is 1.23 bits per heavy atom. The van der Waals surface area contributed by atoms with Crippen LogP contribution in [0.2, 0.25) is 0 Å². The Morgan fingerprint density at radius 2 is 1.95 bits per heavy atom.